The van der Waals surface area contributed by atoms with Crippen molar-refractivity contribution >= 4 is 28.3 Å². The van der Waals surface area contributed by atoms with Crippen molar-refractivity contribution in [2.45, 2.75) is 50.0 Å². The zero-order valence-electron chi connectivity index (χ0n) is 29.3. The molecule has 4 aromatic heterocycles. The normalized spacial score (nSPS) is 19.3. The monoisotopic (exact) mass is 753 g/mol. The lowest BCUT2D eigenvalue weighted by Gasteiger charge is -2.43. The molecule has 14 heteroatoms. The van der Waals surface area contributed by atoms with Crippen LogP contribution in [0.15, 0.2) is 109 Å². The quantitative estimate of drug-likeness (QED) is 0.192. The number of pyridine rings is 1. The van der Waals surface area contributed by atoms with Crippen LogP contribution in [0.4, 0.5) is 13.2 Å². The Labute approximate surface area is 313 Å². The Hall–Kier alpha value is -5.18. The molecule has 0 aliphatic carbocycles. The number of fused-ring (bicyclic) bond motifs is 1. The van der Waals surface area contributed by atoms with Crippen LogP contribution in [0, 0.1) is 5.92 Å². The molecule has 2 saturated heterocycles. The molecule has 54 heavy (non-hydrogen) atoms. The third-order valence-corrected chi connectivity index (χ3v) is 11.7. The van der Waals surface area contributed by atoms with Crippen molar-refractivity contribution in [3.05, 3.63) is 130 Å². The van der Waals surface area contributed by atoms with Gasteiger partial charge in [0.2, 0.25) is 5.91 Å². The molecule has 10 nitrogen and oxygen atoms in total. The number of hydrogen-bond donors (Lipinski definition) is 1. The molecular weight excluding hydrogens is 716 g/mol. The smallest absolute Gasteiger partial charge is 0.388 e. The van der Waals surface area contributed by atoms with E-state index in [0.29, 0.717) is 73.6 Å². The second-order valence-electron chi connectivity index (χ2n) is 14.2. The van der Waals surface area contributed by atoms with Gasteiger partial charge in [-0.15, -0.1) is 11.3 Å². The molecule has 2 aliphatic heterocycles. The van der Waals surface area contributed by atoms with E-state index in [2.05, 4.69) is 32.0 Å². The number of benzene rings is 2. The highest BCUT2D eigenvalue weighted by atomic mass is 32.1. The van der Waals surface area contributed by atoms with Gasteiger partial charge in [0.1, 0.15) is 17.0 Å². The first-order chi connectivity index (χ1) is 26.0. The molecule has 2 atom stereocenters. The molecule has 2 fully saturated rings. The Balaban J connectivity index is 0.919. The molecule has 2 aromatic carbocycles. The molecule has 278 valence electrons. The van der Waals surface area contributed by atoms with Gasteiger partial charge >= 0.3 is 6.18 Å². The van der Waals surface area contributed by atoms with Gasteiger partial charge in [-0.2, -0.15) is 13.2 Å². The van der Waals surface area contributed by atoms with Gasteiger partial charge in [0.15, 0.2) is 5.65 Å². The van der Waals surface area contributed by atoms with Gasteiger partial charge in [-0.3, -0.25) is 24.0 Å². The molecule has 2 aliphatic rings. The fraction of sp³-hybridized carbons (Fsp3) is 0.325. The van der Waals surface area contributed by atoms with Gasteiger partial charge in [0.25, 0.3) is 5.56 Å². The number of carbonyl (C=O) groups is 1. The first kappa shape index (κ1) is 35.8. The van der Waals surface area contributed by atoms with Crippen LogP contribution in [-0.2, 0) is 24.1 Å². The predicted molar refractivity (Wildman–Crippen MR) is 199 cm³/mol. The van der Waals surface area contributed by atoms with Crippen molar-refractivity contribution in [2.24, 2.45) is 5.92 Å². The summed E-state index contributed by atoms with van der Waals surface area (Å²) in [6, 6.07) is 23.8. The first-order valence-electron chi connectivity index (χ1n) is 17.9. The van der Waals surface area contributed by atoms with Crippen LogP contribution in [0.5, 0.6) is 0 Å². The maximum atomic E-state index is 14.2. The van der Waals surface area contributed by atoms with E-state index in [1.807, 2.05) is 64.2 Å². The molecule has 0 saturated carbocycles. The first-order valence-corrected chi connectivity index (χ1v) is 18.7. The third kappa shape index (κ3) is 7.33. The summed E-state index contributed by atoms with van der Waals surface area (Å²) in [5.74, 6) is -0.227. The van der Waals surface area contributed by atoms with Gasteiger partial charge in [-0.25, -0.2) is 9.97 Å². The van der Waals surface area contributed by atoms with Crippen LogP contribution < -0.4 is 5.56 Å². The van der Waals surface area contributed by atoms with E-state index in [0.717, 1.165) is 22.2 Å². The van der Waals surface area contributed by atoms with Gasteiger partial charge in [0.05, 0.1) is 17.5 Å². The lowest BCUT2D eigenvalue weighted by Crippen LogP contribution is -2.53. The topological polar surface area (TPSA) is 109 Å². The van der Waals surface area contributed by atoms with Crippen LogP contribution in [0.1, 0.15) is 41.3 Å². The van der Waals surface area contributed by atoms with Gasteiger partial charge < -0.3 is 14.6 Å². The second kappa shape index (κ2) is 14.6. The standard InChI is InChI=1S/C40H38F3N7O3S/c41-40(42,43)34-12-11-28(21-44-34)36-45-22-30(54-36)23-47-17-13-31(33(24-47)27-7-3-1-4-8-27)37(51)48-19-15-39(53,16-20-48)25-49-26-46-35-32(38(49)52)14-18-50(35)29-9-5-2-6-10-29/h1-12,14,18,21-22,26,31,33,53H,13,15-17,19-20,23-25H2/t31-,33+/m1/s1. The Bertz CT molecular complexity index is 2300. The molecule has 1 amide bonds. The fourth-order valence-electron chi connectivity index (χ4n) is 7.74. The SMILES string of the molecule is O=C([C@@H]1CCN(Cc2cnc(-c3ccc(C(F)(F)F)nc3)s2)C[C@H]1c1ccccc1)N1CCC(O)(Cn2cnc3c(ccn3-c3ccccc3)c2=O)CC1. The van der Waals surface area contributed by atoms with E-state index in [4.69, 9.17) is 0 Å². The van der Waals surface area contributed by atoms with Crippen molar-refractivity contribution in [3.63, 3.8) is 0 Å². The Morgan fingerprint density at radius 1 is 0.907 bits per heavy atom. The maximum Gasteiger partial charge on any atom is 0.433 e. The van der Waals surface area contributed by atoms with Crippen molar-refractivity contribution < 1.29 is 23.1 Å². The molecule has 8 rings (SSSR count). The highest BCUT2D eigenvalue weighted by molar-refractivity contribution is 7.15. The lowest BCUT2D eigenvalue weighted by atomic mass is 9.79. The molecular formula is C40H38F3N7O3S. The van der Waals surface area contributed by atoms with Crippen molar-refractivity contribution in [3.8, 4) is 16.3 Å². The van der Waals surface area contributed by atoms with Crippen LogP contribution in [0.25, 0.3) is 27.3 Å². The number of aromatic nitrogens is 5. The summed E-state index contributed by atoms with van der Waals surface area (Å²) in [4.78, 5) is 45.4. The van der Waals surface area contributed by atoms with E-state index in [9.17, 15) is 27.9 Å². The molecule has 6 heterocycles. The molecule has 6 aromatic rings. The molecule has 1 N–H and O–H groups in total. The number of alkyl halides is 3. The van der Waals surface area contributed by atoms with Crippen molar-refractivity contribution in [1.82, 2.24) is 33.9 Å². The number of halogens is 3. The summed E-state index contributed by atoms with van der Waals surface area (Å²) < 4.78 is 42.3. The summed E-state index contributed by atoms with van der Waals surface area (Å²) in [6.07, 6.45) is 3.11. The number of rotatable bonds is 8. The number of thiazole rings is 1. The zero-order valence-corrected chi connectivity index (χ0v) is 30.1. The molecule has 0 radical (unpaired) electrons. The minimum Gasteiger partial charge on any atom is -0.388 e. The summed E-state index contributed by atoms with van der Waals surface area (Å²) in [6.45, 7) is 2.80. The summed E-state index contributed by atoms with van der Waals surface area (Å²) in [5, 5.41) is 12.7. The number of aliphatic hydroxyl groups is 1. The largest absolute Gasteiger partial charge is 0.433 e. The number of amides is 1. The Morgan fingerprint density at radius 3 is 2.35 bits per heavy atom. The maximum absolute atomic E-state index is 14.2. The van der Waals surface area contributed by atoms with E-state index >= 15 is 0 Å². The highest BCUT2D eigenvalue weighted by Crippen LogP contribution is 2.37. The number of likely N-dealkylation sites (tertiary alicyclic amines) is 2. The van der Waals surface area contributed by atoms with E-state index < -0.39 is 17.5 Å². The predicted octanol–water partition coefficient (Wildman–Crippen LogP) is 6.38. The number of hydrogen-bond acceptors (Lipinski definition) is 8. The Morgan fingerprint density at radius 2 is 1.65 bits per heavy atom. The minimum absolute atomic E-state index is 0.0562. The average Bonchev–Trinajstić information content (AvgIpc) is 3.84. The zero-order chi connectivity index (χ0) is 37.5. The molecule has 0 unspecified atom stereocenters. The minimum atomic E-state index is -4.50. The van der Waals surface area contributed by atoms with Gasteiger partial charge in [-0.05, 0) is 61.7 Å². The fourth-order valence-corrected chi connectivity index (χ4v) is 8.68. The third-order valence-electron chi connectivity index (χ3n) is 10.7. The van der Waals surface area contributed by atoms with Gasteiger partial charge in [0, 0.05) is 72.7 Å². The molecule has 0 bridgehead atoms. The van der Waals surface area contributed by atoms with Crippen LogP contribution in [-0.4, -0.2) is 76.7 Å². The van der Waals surface area contributed by atoms with E-state index in [-0.39, 0.29) is 29.8 Å². The Kier molecular flexibility index (Phi) is 9.67. The second-order valence-corrected chi connectivity index (χ2v) is 15.3. The number of piperidine rings is 2. The highest BCUT2D eigenvalue weighted by Gasteiger charge is 2.41. The van der Waals surface area contributed by atoms with Crippen molar-refractivity contribution in [2.75, 3.05) is 26.2 Å². The number of para-hydroxylation sites is 1. The van der Waals surface area contributed by atoms with Crippen molar-refractivity contribution in [1.29, 1.82) is 0 Å². The number of nitrogens with zero attached hydrogens (tertiary/aromatic N) is 7. The van der Waals surface area contributed by atoms with Crippen LogP contribution in [0.3, 0.4) is 0 Å². The number of carbonyl (C=O) groups excluding carboxylic acids is 1. The summed E-state index contributed by atoms with van der Waals surface area (Å²) in [5.41, 5.74) is 0.752. The molecule has 0 spiro atoms. The van der Waals surface area contributed by atoms with E-state index in [1.165, 1.54) is 34.5 Å². The summed E-state index contributed by atoms with van der Waals surface area (Å²) in [7, 11) is 0. The van der Waals surface area contributed by atoms with Crippen LogP contribution in [0.2, 0.25) is 0 Å². The summed E-state index contributed by atoms with van der Waals surface area (Å²) >= 11 is 1.42. The van der Waals surface area contributed by atoms with Gasteiger partial charge in [-0.1, -0.05) is 48.5 Å². The average molecular weight is 754 g/mol. The van der Waals surface area contributed by atoms with Crippen LogP contribution >= 0.6 is 11.3 Å². The lowest BCUT2D eigenvalue weighted by molar-refractivity contribution is -0.143. The van der Waals surface area contributed by atoms with E-state index in [1.54, 1.807) is 12.3 Å².